The molecule has 2 heterocycles. The summed E-state index contributed by atoms with van der Waals surface area (Å²) >= 11 is 3.30. The highest BCUT2D eigenvalue weighted by Crippen LogP contribution is 2.19. The molecule has 0 saturated heterocycles. The number of nitrogens with zero attached hydrogens (tertiary/aromatic N) is 3. The minimum atomic E-state index is -0.309. The quantitative estimate of drug-likeness (QED) is 0.915. The Balaban J connectivity index is 2.23. The Morgan fingerprint density at radius 2 is 1.95 bits per heavy atom. The molecule has 0 unspecified atom stereocenters. The summed E-state index contributed by atoms with van der Waals surface area (Å²) in [4.78, 5) is 24.7. The van der Waals surface area contributed by atoms with E-state index in [4.69, 9.17) is 0 Å². The maximum Gasteiger partial charge on any atom is 0.276 e. The fourth-order valence-corrected chi connectivity index (χ4v) is 1.95. The Hall–Kier alpha value is -1.82. The normalized spacial score (nSPS) is 11.2. The van der Waals surface area contributed by atoms with Crippen LogP contribution in [0.1, 0.15) is 37.1 Å². The van der Waals surface area contributed by atoms with Crippen molar-refractivity contribution in [1.29, 1.82) is 0 Å². The summed E-state index contributed by atoms with van der Waals surface area (Å²) in [5.74, 6) is 0.832. The summed E-state index contributed by atoms with van der Waals surface area (Å²) in [6, 6.07) is 5.18. The van der Waals surface area contributed by atoms with Gasteiger partial charge in [0.25, 0.3) is 5.91 Å². The van der Waals surface area contributed by atoms with Crippen molar-refractivity contribution in [3.8, 4) is 0 Å². The molecule has 0 bridgehead atoms. The molecule has 2 aromatic heterocycles. The van der Waals surface area contributed by atoms with Crippen LogP contribution in [0.5, 0.6) is 0 Å². The van der Waals surface area contributed by atoms with E-state index in [1.54, 1.807) is 30.6 Å². The van der Waals surface area contributed by atoms with Crippen LogP contribution in [-0.2, 0) is 5.41 Å². The van der Waals surface area contributed by atoms with Crippen molar-refractivity contribution in [2.45, 2.75) is 26.2 Å². The molecule has 20 heavy (non-hydrogen) atoms. The third-order valence-electron chi connectivity index (χ3n) is 2.54. The lowest BCUT2D eigenvalue weighted by molar-refractivity contribution is 0.102. The van der Waals surface area contributed by atoms with Crippen molar-refractivity contribution in [1.82, 2.24) is 15.0 Å². The van der Waals surface area contributed by atoms with Crippen LogP contribution in [0.15, 0.2) is 35.1 Å². The molecule has 0 spiro atoms. The lowest BCUT2D eigenvalue weighted by atomic mass is 9.96. The molecule has 0 aliphatic carbocycles. The average molecular weight is 335 g/mol. The predicted molar refractivity (Wildman–Crippen MR) is 80.6 cm³/mol. The highest BCUT2D eigenvalue weighted by molar-refractivity contribution is 9.10. The van der Waals surface area contributed by atoms with Crippen LogP contribution in [-0.4, -0.2) is 20.9 Å². The van der Waals surface area contributed by atoms with E-state index in [2.05, 4.69) is 36.2 Å². The molecule has 5 nitrogen and oxygen atoms in total. The summed E-state index contributed by atoms with van der Waals surface area (Å²) < 4.78 is 0.641. The first-order valence-electron chi connectivity index (χ1n) is 6.13. The first kappa shape index (κ1) is 14.6. The fourth-order valence-electron chi connectivity index (χ4n) is 1.52. The molecule has 0 atom stereocenters. The Labute approximate surface area is 126 Å². The number of pyridine rings is 1. The molecule has 104 valence electrons. The molecular weight excluding hydrogens is 320 g/mol. The highest BCUT2D eigenvalue weighted by Gasteiger charge is 2.18. The van der Waals surface area contributed by atoms with E-state index in [1.807, 2.05) is 20.8 Å². The number of rotatable bonds is 2. The van der Waals surface area contributed by atoms with Crippen LogP contribution in [0.2, 0.25) is 0 Å². The molecule has 1 amide bonds. The third kappa shape index (κ3) is 3.39. The van der Waals surface area contributed by atoms with Crippen LogP contribution in [0, 0.1) is 0 Å². The van der Waals surface area contributed by atoms with Gasteiger partial charge >= 0.3 is 0 Å². The van der Waals surface area contributed by atoms with E-state index in [0.29, 0.717) is 21.8 Å². The zero-order valence-electron chi connectivity index (χ0n) is 11.5. The smallest absolute Gasteiger partial charge is 0.276 e. The van der Waals surface area contributed by atoms with Gasteiger partial charge in [0, 0.05) is 22.3 Å². The van der Waals surface area contributed by atoms with Gasteiger partial charge in [-0.3, -0.25) is 4.79 Å². The summed E-state index contributed by atoms with van der Waals surface area (Å²) in [6.07, 6.45) is 3.21. The van der Waals surface area contributed by atoms with Crippen LogP contribution in [0.25, 0.3) is 0 Å². The molecular formula is C14H15BrN4O. The SMILES string of the molecule is CC(C)(C)c1nccc(NC(=O)c2ncccc2Br)n1. The van der Waals surface area contributed by atoms with Gasteiger partial charge in [0.15, 0.2) is 0 Å². The standard InChI is InChI=1S/C14H15BrN4O/c1-14(2,3)13-17-8-6-10(19-13)18-12(20)11-9(15)5-4-7-16-11/h4-8H,1-3H3,(H,17,18,19,20). The number of hydrogen-bond acceptors (Lipinski definition) is 4. The van der Waals surface area contributed by atoms with Crippen molar-refractivity contribution in [2.75, 3.05) is 5.32 Å². The molecule has 1 N–H and O–H groups in total. The van der Waals surface area contributed by atoms with Gasteiger partial charge < -0.3 is 5.32 Å². The topological polar surface area (TPSA) is 67.8 Å². The molecule has 0 aliphatic heterocycles. The molecule has 0 aromatic carbocycles. The number of hydrogen-bond donors (Lipinski definition) is 1. The molecule has 6 heteroatoms. The predicted octanol–water partition coefficient (Wildman–Crippen LogP) is 3.18. The minimum absolute atomic E-state index is 0.174. The molecule has 0 radical (unpaired) electrons. The van der Waals surface area contributed by atoms with Crippen molar-refractivity contribution < 1.29 is 4.79 Å². The number of halogens is 1. The van der Waals surface area contributed by atoms with Gasteiger partial charge in [0.1, 0.15) is 17.3 Å². The van der Waals surface area contributed by atoms with Crippen molar-refractivity contribution in [2.24, 2.45) is 0 Å². The van der Waals surface area contributed by atoms with Crippen LogP contribution < -0.4 is 5.32 Å². The number of carbonyl (C=O) groups is 1. The van der Waals surface area contributed by atoms with Gasteiger partial charge in [-0.15, -0.1) is 0 Å². The van der Waals surface area contributed by atoms with E-state index in [-0.39, 0.29) is 11.3 Å². The first-order chi connectivity index (χ1) is 9.38. The number of anilines is 1. The third-order valence-corrected chi connectivity index (χ3v) is 3.18. The maximum absolute atomic E-state index is 12.1. The maximum atomic E-state index is 12.1. The summed E-state index contributed by atoms with van der Waals surface area (Å²) in [5.41, 5.74) is 0.148. The molecule has 0 aliphatic rings. The average Bonchev–Trinajstić information content (AvgIpc) is 2.38. The van der Waals surface area contributed by atoms with E-state index >= 15 is 0 Å². The van der Waals surface area contributed by atoms with E-state index in [9.17, 15) is 4.79 Å². The lowest BCUT2D eigenvalue weighted by Crippen LogP contribution is -2.19. The minimum Gasteiger partial charge on any atom is -0.305 e. The van der Waals surface area contributed by atoms with Crippen LogP contribution in [0.3, 0.4) is 0 Å². The number of amides is 1. The van der Waals surface area contributed by atoms with Gasteiger partial charge in [-0.2, -0.15) is 0 Å². The van der Waals surface area contributed by atoms with Crippen LogP contribution in [0.4, 0.5) is 5.82 Å². The monoisotopic (exact) mass is 334 g/mol. The first-order valence-corrected chi connectivity index (χ1v) is 6.92. The van der Waals surface area contributed by atoms with Gasteiger partial charge in [0.05, 0.1) is 0 Å². The van der Waals surface area contributed by atoms with Crippen molar-refractivity contribution in [3.63, 3.8) is 0 Å². The second-order valence-electron chi connectivity index (χ2n) is 5.30. The molecule has 2 rings (SSSR count). The summed E-state index contributed by atoms with van der Waals surface area (Å²) in [6.45, 7) is 6.05. The molecule has 0 fully saturated rings. The molecule has 0 saturated carbocycles. The largest absolute Gasteiger partial charge is 0.305 e. The van der Waals surface area contributed by atoms with Crippen LogP contribution >= 0.6 is 15.9 Å². The summed E-state index contributed by atoms with van der Waals surface area (Å²) in [5, 5.41) is 2.73. The zero-order valence-corrected chi connectivity index (χ0v) is 13.1. The van der Waals surface area contributed by atoms with Gasteiger partial charge in [-0.25, -0.2) is 15.0 Å². The second kappa shape index (κ2) is 5.66. The Morgan fingerprint density at radius 1 is 1.20 bits per heavy atom. The highest BCUT2D eigenvalue weighted by atomic mass is 79.9. The fraction of sp³-hybridized carbons (Fsp3) is 0.286. The van der Waals surface area contributed by atoms with Gasteiger partial charge in [-0.05, 0) is 34.1 Å². The zero-order chi connectivity index (χ0) is 14.8. The number of carbonyl (C=O) groups excluding carboxylic acids is 1. The van der Waals surface area contributed by atoms with Crippen molar-refractivity contribution in [3.05, 3.63) is 46.6 Å². The van der Waals surface area contributed by atoms with Gasteiger partial charge in [-0.1, -0.05) is 20.8 Å². The second-order valence-corrected chi connectivity index (χ2v) is 6.16. The number of aromatic nitrogens is 3. The Morgan fingerprint density at radius 3 is 2.60 bits per heavy atom. The Bertz CT molecular complexity index is 637. The molecule has 2 aromatic rings. The van der Waals surface area contributed by atoms with Crippen molar-refractivity contribution >= 4 is 27.7 Å². The Kier molecular flexibility index (Phi) is 4.13. The lowest BCUT2D eigenvalue weighted by Gasteiger charge is -2.16. The number of nitrogens with one attached hydrogen (secondary N) is 1. The summed E-state index contributed by atoms with van der Waals surface area (Å²) in [7, 11) is 0. The van der Waals surface area contributed by atoms with Gasteiger partial charge in [0.2, 0.25) is 0 Å². The van der Waals surface area contributed by atoms with E-state index < -0.39 is 0 Å². The van der Waals surface area contributed by atoms with E-state index in [1.165, 1.54) is 0 Å². The van der Waals surface area contributed by atoms with E-state index in [0.717, 1.165) is 0 Å².